The van der Waals surface area contributed by atoms with Crippen molar-refractivity contribution in [2.75, 3.05) is 0 Å². The molecule has 1 aromatic heterocycles. The number of nitrogens with zero attached hydrogens (tertiary/aromatic N) is 3. The fraction of sp³-hybridized carbons (Fsp3) is 0.565. The van der Waals surface area contributed by atoms with Gasteiger partial charge in [-0.3, -0.25) is 0 Å². The monoisotopic (exact) mass is 498 g/mol. The van der Waals surface area contributed by atoms with Gasteiger partial charge in [0.25, 0.3) is 0 Å². The lowest BCUT2D eigenvalue weighted by Crippen LogP contribution is -2.62. The summed E-state index contributed by atoms with van der Waals surface area (Å²) in [7, 11) is 0. The number of carbonyl (C=O) groups excluding carboxylic acids is 1. The van der Waals surface area contributed by atoms with Gasteiger partial charge in [0.1, 0.15) is 5.69 Å². The summed E-state index contributed by atoms with van der Waals surface area (Å²) in [6, 6.07) is 9.48. The SMILES string of the molecule is Cc1nn(-c2ccccc2)nc1C(C)NC(=O)NC1CC(C)(C)NC(C)(C)C1.O=C(O)C(F)(F)F. The third-order valence-electron chi connectivity index (χ3n) is 5.33. The topological polar surface area (TPSA) is 121 Å². The lowest BCUT2D eigenvalue weighted by Gasteiger charge is -2.46. The quantitative estimate of drug-likeness (QED) is 0.508. The summed E-state index contributed by atoms with van der Waals surface area (Å²) in [5.41, 5.74) is 2.44. The Kier molecular flexibility index (Phi) is 8.53. The Morgan fingerprint density at radius 3 is 2.11 bits per heavy atom. The molecule has 0 radical (unpaired) electrons. The third kappa shape index (κ3) is 8.53. The van der Waals surface area contributed by atoms with Gasteiger partial charge in [-0.2, -0.15) is 28.2 Å². The molecule has 2 aromatic rings. The number of aryl methyl sites for hydroxylation is 1. The molecule has 1 unspecified atom stereocenters. The van der Waals surface area contributed by atoms with Gasteiger partial charge in [-0.25, -0.2) is 9.59 Å². The predicted octanol–water partition coefficient (Wildman–Crippen LogP) is 3.88. The van der Waals surface area contributed by atoms with E-state index in [9.17, 15) is 18.0 Å². The van der Waals surface area contributed by atoms with Crippen molar-refractivity contribution in [2.24, 2.45) is 0 Å². The number of hydrogen-bond acceptors (Lipinski definition) is 5. The van der Waals surface area contributed by atoms with E-state index in [0.29, 0.717) is 0 Å². The maximum Gasteiger partial charge on any atom is 0.490 e. The molecule has 1 aliphatic heterocycles. The van der Waals surface area contributed by atoms with Gasteiger partial charge >= 0.3 is 18.2 Å². The molecule has 0 bridgehead atoms. The van der Waals surface area contributed by atoms with Crippen LogP contribution in [0.15, 0.2) is 30.3 Å². The fourth-order valence-corrected chi connectivity index (χ4v) is 4.38. The van der Waals surface area contributed by atoms with E-state index in [0.717, 1.165) is 29.9 Å². The lowest BCUT2D eigenvalue weighted by molar-refractivity contribution is -0.192. The number of hydrogen-bond donors (Lipinski definition) is 4. The standard InChI is InChI=1S/C21H32N6O.C2HF3O2/c1-14(18-15(2)24-27(25-18)17-10-8-7-9-11-17)22-19(28)23-16-12-20(3,4)26-21(5,6)13-16;3-2(4,5)1(6)7/h7-11,14,16,26H,12-13H2,1-6H3,(H2,22,23,28);(H,6,7). The van der Waals surface area contributed by atoms with Gasteiger partial charge in [0.05, 0.1) is 17.4 Å². The predicted molar refractivity (Wildman–Crippen MR) is 124 cm³/mol. The number of para-hydroxylation sites is 1. The summed E-state index contributed by atoms with van der Waals surface area (Å²) in [6.07, 6.45) is -3.30. The molecule has 12 heteroatoms. The highest BCUT2D eigenvalue weighted by Gasteiger charge is 2.39. The maximum atomic E-state index is 12.6. The van der Waals surface area contributed by atoms with Crippen molar-refractivity contribution in [2.45, 2.75) is 83.7 Å². The van der Waals surface area contributed by atoms with Crippen molar-refractivity contribution in [1.29, 1.82) is 0 Å². The first-order chi connectivity index (χ1) is 16.0. The molecule has 0 saturated carbocycles. The van der Waals surface area contributed by atoms with Crippen LogP contribution in [-0.4, -0.2) is 55.4 Å². The van der Waals surface area contributed by atoms with Crippen molar-refractivity contribution in [3.63, 3.8) is 0 Å². The van der Waals surface area contributed by atoms with Crippen LogP contribution in [0, 0.1) is 6.92 Å². The summed E-state index contributed by atoms with van der Waals surface area (Å²) in [5, 5.41) is 26.0. The Morgan fingerprint density at radius 1 is 1.11 bits per heavy atom. The number of amides is 2. The van der Waals surface area contributed by atoms with Crippen molar-refractivity contribution >= 4 is 12.0 Å². The van der Waals surface area contributed by atoms with Gasteiger partial charge in [-0.05, 0) is 66.5 Å². The van der Waals surface area contributed by atoms with Gasteiger partial charge < -0.3 is 21.1 Å². The second-order valence-electron chi connectivity index (χ2n) is 9.94. The molecule has 194 valence electrons. The lowest BCUT2D eigenvalue weighted by atomic mass is 9.80. The zero-order valence-electron chi connectivity index (χ0n) is 20.7. The molecule has 4 N–H and O–H groups in total. The van der Waals surface area contributed by atoms with Gasteiger partial charge in [0.2, 0.25) is 0 Å². The van der Waals surface area contributed by atoms with Crippen LogP contribution in [0.2, 0.25) is 0 Å². The number of aliphatic carboxylic acids is 1. The van der Waals surface area contributed by atoms with Crippen LogP contribution in [0.4, 0.5) is 18.0 Å². The summed E-state index contributed by atoms with van der Waals surface area (Å²) in [6.45, 7) is 12.5. The largest absolute Gasteiger partial charge is 0.490 e. The first kappa shape index (κ1) is 28.1. The molecule has 3 rings (SSSR count). The van der Waals surface area contributed by atoms with Crippen molar-refractivity contribution in [3.8, 4) is 5.69 Å². The smallest absolute Gasteiger partial charge is 0.475 e. The first-order valence-electron chi connectivity index (χ1n) is 11.1. The van der Waals surface area contributed by atoms with Crippen LogP contribution in [0.3, 0.4) is 0 Å². The van der Waals surface area contributed by atoms with Crippen LogP contribution >= 0.6 is 0 Å². The van der Waals surface area contributed by atoms with E-state index >= 15 is 0 Å². The van der Waals surface area contributed by atoms with Crippen LogP contribution in [0.5, 0.6) is 0 Å². The Hall–Kier alpha value is -3.15. The highest BCUT2D eigenvalue weighted by Crippen LogP contribution is 2.28. The molecule has 1 saturated heterocycles. The number of carbonyl (C=O) groups is 2. The van der Waals surface area contributed by atoms with Gasteiger partial charge in [-0.1, -0.05) is 18.2 Å². The summed E-state index contributed by atoms with van der Waals surface area (Å²) < 4.78 is 31.7. The van der Waals surface area contributed by atoms with Crippen molar-refractivity contribution < 1.29 is 27.9 Å². The molecule has 1 aromatic carbocycles. The Labute approximate surface area is 202 Å². The van der Waals surface area contributed by atoms with E-state index in [-0.39, 0.29) is 29.2 Å². The maximum absolute atomic E-state index is 12.6. The highest BCUT2D eigenvalue weighted by atomic mass is 19.4. The fourth-order valence-electron chi connectivity index (χ4n) is 4.38. The number of aromatic nitrogens is 3. The number of urea groups is 1. The Bertz CT molecular complexity index is 1010. The minimum Gasteiger partial charge on any atom is -0.475 e. The number of alkyl halides is 3. The van der Waals surface area contributed by atoms with Gasteiger partial charge in [0.15, 0.2) is 0 Å². The number of nitrogens with one attached hydrogen (secondary N) is 3. The first-order valence-corrected chi connectivity index (χ1v) is 11.1. The summed E-state index contributed by atoms with van der Waals surface area (Å²) in [4.78, 5) is 23.1. The molecule has 2 amide bonds. The molecule has 9 nitrogen and oxygen atoms in total. The second-order valence-corrected chi connectivity index (χ2v) is 9.94. The summed E-state index contributed by atoms with van der Waals surface area (Å²) in [5.74, 6) is -2.76. The zero-order chi connectivity index (χ0) is 26.6. The van der Waals surface area contributed by atoms with Crippen LogP contribution in [0.1, 0.15) is 64.9 Å². The van der Waals surface area contributed by atoms with Gasteiger partial charge in [-0.15, -0.1) is 0 Å². The number of carboxylic acids is 1. The molecular weight excluding hydrogens is 465 g/mol. The van der Waals surface area contributed by atoms with Crippen molar-refractivity contribution in [1.82, 2.24) is 30.9 Å². The third-order valence-corrected chi connectivity index (χ3v) is 5.33. The van der Waals surface area contributed by atoms with Crippen LogP contribution in [0.25, 0.3) is 5.69 Å². The molecule has 1 fully saturated rings. The van der Waals surface area contributed by atoms with E-state index in [1.807, 2.05) is 44.2 Å². The second kappa shape index (κ2) is 10.6. The molecule has 0 spiro atoms. The molecular formula is C23H33F3N6O3. The molecule has 2 heterocycles. The average molecular weight is 499 g/mol. The van der Waals surface area contributed by atoms with Crippen molar-refractivity contribution in [3.05, 3.63) is 41.7 Å². The Morgan fingerprint density at radius 2 is 1.63 bits per heavy atom. The van der Waals surface area contributed by atoms with E-state index in [1.165, 1.54) is 0 Å². The number of carboxylic acid groups (broad SMARTS) is 1. The Balaban J connectivity index is 0.000000540. The zero-order valence-corrected chi connectivity index (χ0v) is 20.7. The van der Waals surface area contributed by atoms with E-state index < -0.39 is 12.1 Å². The van der Waals surface area contributed by atoms with Crippen LogP contribution < -0.4 is 16.0 Å². The number of benzene rings is 1. The highest BCUT2D eigenvalue weighted by molar-refractivity contribution is 5.74. The minimum atomic E-state index is -5.08. The number of rotatable bonds is 4. The minimum absolute atomic E-state index is 0.0136. The molecule has 35 heavy (non-hydrogen) atoms. The number of halogens is 3. The van der Waals surface area contributed by atoms with E-state index in [1.54, 1.807) is 4.80 Å². The molecule has 0 aliphatic carbocycles. The molecule has 1 atom stereocenters. The summed E-state index contributed by atoms with van der Waals surface area (Å²) >= 11 is 0. The van der Waals surface area contributed by atoms with E-state index in [2.05, 4.69) is 53.8 Å². The van der Waals surface area contributed by atoms with Crippen LogP contribution in [-0.2, 0) is 4.79 Å². The van der Waals surface area contributed by atoms with E-state index in [4.69, 9.17) is 9.90 Å². The normalized spacial score (nSPS) is 18.1. The molecule has 1 aliphatic rings. The van der Waals surface area contributed by atoms with Gasteiger partial charge in [0, 0.05) is 17.1 Å². The number of piperidine rings is 1. The average Bonchev–Trinajstić information content (AvgIpc) is 3.07.